The molecule has 0 saturated heterocycles. The van der Waals surface area contributed by atoms with Gasteiger partial charge in [0.2, 0.25) is 5.91 Å². The number of carboxylic acid groups (broad SMARTS) is 1. The molecule has 5 heteroatoms. The third kappa shape index (κ3) is 4.19. The molecule has 1 aromatic carbocycles. The number of halogens is 1. The number of nitrogens with one attached hydrogen (secondary N) is 1. The van der Waals surface area contributed by atoms with Crippen LogP contribution in [0.2, 0.25) is 0 Å². The Morgan fingerprint density at radius 3 is 2.65 bits per heavy atom. The summed E-state index contributed by atoms with van der Waals surface area (Å²) in [5.41, 5.74) is 1.73. The van der Waals surface area contributed by atoms with E-state index in [1.54, 1.807) is 6.07 Å². The van der Waals surface area contributed by atoms with Crippen molar-refractivity contribution in [2.75, 3.05) is 5.32 Å². The van der Waals surface area contributed by atoms with Crippen LogP contribution in [0.1, 0.15) is 18.9 Å². The van der Waals surface area contributed by atoms with Crippen molar-refractivity contribution in [2.45, 2.75) is 20.3 Å². The minimum Gasteiger partial charge on any atom is -0.481 e. The maximum Gasteiger partial charge on any atom is 0.306 e. The summed E-state index contributed by atoms with van der Waals surface area (Å²) in [5.74, 6) is -1.95. The summed E-state index contributed by atoms with van der Waals surface area (Å²) in [7, 11) is 0. The van der Waals surface area contributed by atoms with Crippen LogP contribution in [0, 0.1) is 12.8 Å². The van der Waals surface area contributed by atoms with Gasteiger partial charge in [-0.1, -0.05) is 13.0 Å². The first kappa shape index (κ1) is 13.7. The van der Waals surface area contributed by atoms with E-state index in [9.17, 15) is 9.59 Å². The second kappa shape index (κ2) is 5.82. The van der Waals surface area contributed by atoms with E-state index in [0.717, 1.165) is 10.0 Å². The third-order valence-corrected chi connectivity index (χ3v) is 2.97. The van der Waals surface area contributed by atoms with Crippen molar-refractivity contribution in [3.05, 3.63) is 28.2 Å². The predicted molar refractivity (Wildman–Crippen MR) is 68.9 cm³/mol. The number of benzene rings is 1. The van der Waals surface area contributed by atoms with E-state index in [1.807, 2.05) is 19.1 Å². The van der Waals surface area contributed by atoms with Crippen LogP contribution in [0.3, 0.4) is 0 Å². The van der Waals surface area contributed by atoms with Gasteiger partial charge >= 0.3 is 5.97 Å². The van der Waals surface area contributed by atoms with Gasteiger partial charge in [-0.05, 0) is 40.5 Å². The monoisotopic (exact) mass is 299 g/mol. The standard InChI is InChI=1S/C12H14BrNO3/c1-7-3-4-10(9(13)5-7)14-11(15)6-8(2)12(16)17/h3-5,8H,6H2,1-2H3,(H,14,15)(H,16,17). The summed E-state index contributed by atoms with van der Waals surface area (Å²) in [6.07, 6.45) is -0.0321. The quantitative estimate of drug-likeness (QED) is 0.898. The lowest BCUT2D eigenvalue weighted by molar-refractivity contribution is -0.142. The molecule has 2 N–H and O–H groups in total. The SMILES string of the molecule is Cc1ccc(NC(=O)CC(C)C(=O)O)c(Br)c1. The van der Waals surface area contributed by atoms with Gasteiger partial charge in [0.1, 0.15) is 0 Å². The lowest BCUT2D eigenvalue weighted by atomic mass is 10.1. The van der Waals surface area contributed by atoms with Crippen LogP contribution >= 0.6 is 15.9 Å². The molecule has 0 aliphatic rings. The molecule has 0 aromatic heterocycles. The molecule has 0 radical (unpaired) electrons. The summed E-state index contributed by atoms with van der Waals surface area (Å²) >= 11 is 3.34. The molecule has 92 valence electrons. The van der Waals surface area contributed by atoms with Crippen molar-refractivity contribution in [3.8, 4) is 0 Å². The first-order valence-electron chi connectivity index (χ1n) is 5.19. The van der Waals surface area contributed by atoms with Gasteiger partial charge in [0.25, 0.3) is 0 Å². The van der Waals surface area contributed by atoms with E-state index >= 15 is 0 Å². The summed E-state index contributed by atoms with van der Waals surface area (Å²) in [5, 5.41) is 11.4. The Hall–Kier alpha value is -1.36. The maximum absolute atomic E-state index is 11.6. The second-order valence-corrected chi connectivity index (χ2v) is 4.83. The van der Waals surface area contributed by atoms with Crippen molar-refractivity contribution >= 4 is 33.5 Å². The molecule has 0 spiro atoms. The predicted octanol–water partition coefficient (Wildman–Crippen LogP) is 2.81. The minimum absolute atomic E-state index is 0.0321. The number of hydrogen-bond acceptors (Lipinski definition) is 2. The van der Waals surface area contributed by atoms with Gasteiger partial charge in [0, 0.05) is 10.9 Å². The lowest BCUT2D eigenvalue weighted by Gasteiger charge is -2.09. The summed E-state index contributed by atoms with van der Waals surface area (Å²) in [6.45, 7) is 3.45. The van der Waals surface area contributed by atoms with Crippen LogP contribution in [0.5, 0.6) is 0 Å². The fourth-order valence-electron chi connectivity index (χ4n) is 1.29. The molecule has 0 saturated carbocycles. The van der Waals surface area contributed by atoms with E-state index in [4.69, 9.17) is 5.11 Å². The van der Waals surface area contributed by atoms with Crippen molar-refractivity contribution in [1.29, 1.82) is 0 Å². The summed E-state index contributed by atoms with van der Waals surface area (Å²) in [4.78, 5) is 22.2. The van der Waals surface area contributed by atoms with Crippen molar-refractivity contribution < 1.29 is 14.7 Å². The highest BCUT2D eigenvalue weighted by atomic mass is 79.9. The molecule has 0 bridgehead atoms. The second-order valence-electron chi connectivity index (χ2n) is 3.97. The third-order valence-electron chi connectivity index (χ3n) is 2.31. The Morgan fingerprint density at radius 2 is 2.12 bits per heavy atom. The molecule has 17 heavy (non-hydrogen) atoms. The number of anilines is 1. The van der Waals surface area contributed by atoms with Crippen molar-refractivity contribution in [3.63, 3.8) is 0 Å². The van der Waals surface area contributed by atoms with E-state index in [0.29, 0.717) is 5.69 Å². The van der Waals surface area contributed by atoms with Crippen LogP contribution in [0.25, 0.3) is 0 Å². The van der Waals surface area contributed by atoms with Crippen LogP contribution in [0.15, 0.2) is 22.7 Å². The van der Waals surface area contributed by atoms with Gasteiger partial charge in [0.15, 0.2) is 0 Å². The molecule has 4 nitrogen and oxygen atoms in total. The molecular formula is C12H14BrNO3. The smallest absolute Gasteiger partial charge is 0.306 e. The van der Waals surface area contributed by atoms with Gasteiger partial charge in [-0.2, -0.15) is 0 Å². The lowest BCUT2D eigenvalue weighted by Crippen LogP contribution is -2.20. The topological polar surface area (TPSA) is 66.4 Å². The number of aliphatic carboxylic acids is 1. The molecule has 1 atom stereocenters. The number of hydrogen-bond donors (Lipinski definition) is 2. The average Bonchev–Trinajstić information content (AvgIpc) is 2.22. The van der Waals surface area contributed by atoms with E-state index in [1.165, 1.54) is 6.92 Å². The minimum atomic E-state index is -0.969. The first-order valence-corrected chi connectivity index (χ1v) is 5.98. The Labute approximate surface area is 108 Å². The van der Waals surface area contributed by atoms with Gasteiger partial charge in [-0.15, -0.1) is 0 Å². The molecule has 0 fully saturated rings. The molecule has 1 aromatic rings. The first-order chi connectivity index (χ1) is 7.90. The molecule has 1 amide bonds. The largest absolute Gasteiger partial charge is 0.481 e. The fourth-order valence-corrected chi connectivity index (χ4v) is 1.88. The van der Waals surface area contributed by atoms with E-state index in [-0.39, 0.29) is 12.3 Å². The number of aryl methyl sites for hydroxylation is 1. The van der Waals surface area contributed by atoms with E-state index in [2.05, 4.69) is 21.2 Å². The normalized spacial score (nSPS) is 11.9. The average molecular weight is 300 g/mol. The Morgan fingerprint density at radius 1 is 1.47 bits per heavy atom. The highest BCUT2D eigenvalue weighted by molar-refractivity contribution is 9.10. The van der Waals surface area contributed by atoms with Crippen molar-refractivity contribution in [2.24, 2.45) is 5.92 Å². The molecule has 0 aliphatic carbocycles. The summed E-state index contributed by atoms with van der Waals surface area (Å²) < 4.78 is 0.786. The van der Waals surface area contributed by atoms with Crippen LogP contribution in [-0.2, 0) is 9.59 Å². The number of carbonyl (C=O) groups excluding carboxylic acids is 1. The number of carbonyl (C=O) groups is 2. The summed E-state index contributed by atoms with van der Waals surface area (Å²) in [6, 6.07) is 5.54. The van der Waals surface area contributed by atoms with E-state index < -0.39 is 11.9 Å². The van der Waals surface area contributed by atoms with Gasteiger partial charge in [-0.25, -0.2) is 0 Å². The molecule has 1 unspecified atom stereocenters. The zero-order valence-corrected chi connectivity index (χ0v) is 11.2. The Bertz CT molecular complexity index is 445. The fraction of sp³-hybridized carbons (Fsp3) is 0.333. The maximum atomic E-state index is 11.6. The Kier molecular flexibility index (Phi) is 4.69. The van der Waals surface area contributed by atoms with Crippen molar-refractivity contribution in [1.82, 2.24) is 0 Å². The van der Waals surface area contributed by atoms with Gasteiger partial charge < -0.3 is 10.4 Å². The highest BCUT2D eigenvalue weighted by Gasteiger charge is 2.16. The number of amides is 1. The zero-order valence-electron chi connectivity index (χ0n) is 9.66. The van der Waals surface area contributed by atoms with Gasteiger partial charge in [0.05, 0.1) is 11.6 Å². The highest BCUT2D eigenvalue weighted by Crippen LogP contribution is 2.23. The van der Waals surface area contributed by atoms with Gasteiger partial charge in [-0.3, -0.25) is 9.59 Å². The molecule has 0 heterocycles. The number of rotatable bonds is 4. The Balaban J connectivity index is 2.65. The zero-order chi connectivity index (χ0) is 13.0. The van der Waals surface area contributed by atoms with Crippen LogP contribution < -0.4 is 5.32 Å². The van der Waals surface area contributed by atoms with Crippen LogP contribution in [0.4, 0.5) is 5.69 Å². The number of carboxylic acids is 1. The van der Waals surface area contributed by atoms with Crippen LogP contribution in [-0.4, -0.2) is 17.0 Å². The molecule has 1 rings (SSSR count). The molecular weight excluding hydrogens is 286 g/mol. The molecule has 0 aliphatic heterocycles.